The minimum atomic E-state index is 0.0296. The predicted molar refractivity (Wildman–Crippen MR) is 65.7 cm³/mol. The quantitative estimate of drug-likeness (QED) is 0.734. The summed E-state index contributed by atoms with van der Waals surface area (Å²) >= 11 is 1.99. The second kappa shape index (κ2) is 4.06. The van der Waals surface area contributed by atoms with Crippen molar-refractivity contribution in [3.63, 3.8) is 0 Å². The molecule has 16 heavy (non-hydrogen) atoms. The lowest BCUT2D eigenvalue weighted by Gasteiger charge is -2.05. The molecule has 0 saturated carbocycles. The molecule has 3 atom stereocenters. The fraction of sp³-hybridized carbons (Fsp3) is 0.538. The number of benzene rings is 1. The summed E-state index contributed by atoms with van der Waals surface area (Å²) < 4.78 is 11.0. The second-order valence-electron chi connectivity index (χ2n) is 4.76. The van der Waals surface area contributed by atoms with E-state index in [1.165, 1.54) is 5.56 Å². The first-order valence-corrected chi connectivity index (χ1v) is 6.63. The molecule has 3 unspecified atom stereocenters. The molecule has 0 bridgehead atoms. The van der Waals surface area contributed by atoms with E-state index >= 15 is 0 Å². The monoisotopic (exact) mass is 236 g/mol. The maximum Gasteiger partial charge on any atom is 0.112 e. The molecule has 2 fully saturated rings. The summed E-state index contributed by atoms with van der Waals surface area (Å²) in [4.78, 5) is 0. The van der Waals surface area contributed by atoms with Gasteiger partial charge in [-0.3, -0.25) is 0 Å². The van der Waals surface area contributed by atoms with Crippen LogP contribution in [0.1, 0.15) is 17.7 Å². The van der Waals surface area contributed by atoms with Crippen LogP contribution in [-0.2, 0) is 9.47 Å². The summed E-state index contributed by atoms with van der Waals surface area (Å²) in [7, 11) is 0. The lowest BCUT2D eigenvalue weighted by molar-refractivity contribution is 0.0892. The molecule has 3 rings (SSSR count). The Labute approximate surface area is 100 Å². The van der Waals surface area contributed by atoms with E-state index < -0.39 is 0 Å². The third-order valence-electron chi connectivity index (χ3n) is 3.04. The topological polar surface area (TPSA) is 21.8 Å². The van der Waals surface area contributed by atoms with Gasteiger partial charge in [0.2, 0.25) is 0 Å². The average molecular weight is 236 g/mol. The van der Waals surface area contributed by atoms with E-state index in [-0.39, 0.29) is 5.60 Å². The number of hydrogen-bond acceptors (Lipinski definition) is 3. The fourth-order valence-corrected chi connectivity index (χ4v) is 2.81. The highest BCUT2D eigenvalue weighted by Gasteiger charge is 2.42. The van der Waals surface area contributed by atoms with E-state index in [1.54, 1.807) is 0 Å². The smallest absolute Gasteiger partial charge is 0.112 e. The third-order valence-corrected chi connectivity index (χ3v) is 4.37. The Morgan fingerprint density at radius 2 is 2.19 bits per heavy atom. The van der Waals surface area contributed by atoms with Crippen LogP contribution in [0.15, 0.2) is 30.3 Å². The molecule has 1 aromatic carbocycles. The number of epoxide rings is 1. The molecule has 86 valence electrons. The van der Waals surface area contributed by atoms with Crippen molar-refractivity contribution in [2.24, 2.45) is 0 Å². The molecular weight excluding hydrogens is 220 g/mol. The van der Waals surface area contributed by atoms with E-state index in [2.05, 4.69) is 37.3 Å². The van der Waals surface area contributed by atoms with Gasteiger partial charge in [-0.15, -0.1) is 11.8 Å². The molecule has 3 heteroatoms. The lowest BCUT2D eigenvalue weighted by atomic mass is 10.1. The summed E-state index contributed by atoms with van der Waals surface area (Å²) in [6.45, 7) is 4.55. The van der Waals surface area contributed by atoms with Crippen molar-refractivity contribution in [1.82, 2.24) is 0 Å². The van der Waals surface area contributed by atoms with E-state index in [0.717, 1.165) is 19.8 Å². The largest absolute Gasteiger partial charge is 0.377 e. The molecule has 2 aliphatic rings. The summed E-state index contributed by atoms with van der Waals surface area (Å²) in [6, 6.07) is 10.7. The van der Waals surface area contributed by atoms with Crippen molar-refractivity contribution < 1.29 is 9.47 Å². The predicted octanol–water partition coefficient (Wildman–Crippen LogP) is 2.65. The standard InChI is InChI=1S/C13H16O2S/c1-13(9-15-13)8-14-7-11-12(16-11)10-5-3-2-4-6-10/h2-6,11-12H,7-9H2,1H3. The number of ether oxygens (including phenoxy) is 2. The molecular formula is C13H16O2S. The van der Waals surface area contributed by atoms with Gasteiger partial charge in [-0.2, -0.15) is 0 Å². The van der Waals surface area contributed by atoms with Gasteiger partial charge in [-0.05, 0) is 12.5 Å². The first-order valence-electron chi connectivity index (χ1n) is 5.69. The van der Waals surface area contributed by atoms with E-state index in [1.807, 2.05) is 11.8 Å². The first kappa shape index (κ1) is 10.6. The number of rotatable bonds is 5. The molecule has 0 spiro atoms. The first-order chi connectivity index (χ1) is 7.77. The van der Waals surface area contributed by atoms with E-state index in [4.69, 9.17) is 9.47 Å². The van der Waals surface area contributed by atoms with Crippen LogP contribution in [0.5, 0.6) is 0 Å². The van der Waals surface area contributed by atoms with Gasteiger partial charge < -0.3 is 9.47 Å². The molecule has 2 aliphatic heterocycles. The van der Waals surface area contributed by atoms with Crippen LogP contribution in [0.2, 0.25) is 0 Å². The summed E-state index contributed by atoms with van der Waals surface area (Å²) in [5.74, 6) is 0. The summed E-state index contributed by atoms with van der Waals surface area (Å²) in [5, 5.41) is 1.29. The highest BCUT2D eigenvalue weighted by Crippen LogP contribution is 2.54. The Balaban J connectivity index is 1.43. The van der Waals surface area contributed by atoms with E-state index in [0.29, 0.717) is 10.5 Å². The van der Waals surface area contributed by atoms with Crippen LogP contribution in [-0.4, -0.2) is 30.7 Å². The molecule has 2 heterocycles. The van der Waals surface area contributed by atoms with Crippen LogP contribution in [0.4, 0.5) is 0 Å². The highest BCUT2D eigenvalue weighted by molar-refractivity contribution is 8.07. The molecule has 2 saturated heterocycles. The van der Waals surface area contributed by atoms with Crippen molar-refractivity contribution in [1.29, 1.82) is 0 Å². The normalized spacial score (nSPS) is 36.1. The van der Waals surface area contributed by atoms with Gasteiger partial charge in [0.05, 0.1) is 19.8 Å². The van der Waals surface area contributed by atoms with Crippen molar-refractivity contribution in [2.45, 2.75) is 23.0 Å². The van der Waals surface area contributed by atoms with Crippen molar-refractivity contribution in [3.8, 4) is 0 Å². The summed E-state index contributed by atoms with van der Waals surface area (Å²) in [6.07, 6.45) is 0. The Morgan fingerprint density at radius 1 is 1.44 bits per heavy atom. The van der Waals surface area contributed by atoms with Gasteiger partial charge in [0, 0.05) is 10.5 Å². The van der Waals surface area contributed by atoms with Crippen molar-refractivity contribution in [2.75, 3.05) is 19.8 Å². The summed E-state index contributed by atoms with van der Waals surface area (Å²) in [5.41, 5.74) is 1.46. The number of hydrogen-bond donors (Lipinski definition) is 0. The molecule has 0 N–H and O–H groups in total. The zero-order valence-corrected chi connectivity index (χ0v) is 10.2. The lowest BCUT2D eigenvalue weighted by Crippen LogP contribution is -2.16. The third kappa shape index (κ3) is 2.42. The van der Waals surface area contributed by atoms with Crippen LogP contribution in [0.25, 0.3) is 0 Å². The van der Waals surface area contributed by atoms with Crippen LogP contribution >= 0.6 is 11.8 Å². The van der Waals surface area contributed by atoms with Crippen LogP contribution in [0.3, 0.4) is 0 Å². The minimum absolute atomic E-state index is 0.0296. The van der Waals surface area contributed by atoms with Gasteiger partial charge in [0.1, 0.15) is 5.60 Å². The molecule has 1 aromatic rings. The SMILES string of the molecule is CC1(COCC2SC2c2ccccc2)CO1. The van der Waals surface area contributed by atoms with Gasteiger partial charge in [0.25, 0.3) is 0 Å². The van der Waals surface area contributed by atoms with Crippen LogP contribution < -0.4 is 0 Å². The zero-order chi connectivity index (χ0) is 11.0. The molecule has 0 radical (unpaired) electrons. The fourth-order valence-electron chi connectivity index (χ4n) is 1.80. The average Bonchev–Trinajstić information content (AvgIpc) is 3.19. The highest BCUT2D eigenvalue weighted by atomic mass is 32.2. The maximum atomic E-state index is 5.69. The molecule has 0 aliphatic carbocycles. The minimum Gasteiger partial charge on any atom is -0.377 e. The second-order valence-corrected chi connectivity index (χ2v) is 6.15. The number of thioether (sulfide) groups is 1. The van der Waals surface area contributed by atoms with E-state index in [9.17, 15) is 0 Å². The zero-order valence-electron chi connectivity index (χ0n) is 9.39. The van der Waals surface area contributed by atoms with Crippen LogP contribution in [0, 0.1) is 0 Å². The molecule has 2 nitrogen and oxygen atoms in total. The molecule has 0 amide bonds. The Morgan fingerprint density at radius 3 is 2.88 bits per heavy atom. The Bertz CT molecular complexity index is 361. The van der Waals surface area contributed by atoms with Gasteiger partial charge >= 0.3 is 0 Å². The van der Waals surface area contributed by atoms with Crippen molar-refractivity contribution in [3.05, 3.63) is 35.9 Å². The Hall–Kier alpha value is -0.510. The van der Waals surface area contributed by atoms with Gasteiger partial charge in [0.15, 0.2) is 0 Å². The van der Waals surface area contributed by atoms with Gasteiger partial charge in [-0.1, -0.05) is 30.3 Å². The maximum absolute atomic E-state index is 5.69. The van der Waals surface area contributed by atoms with Gasteiger partial charge in [-0.25, -0.2) is 0 Å². The Kier molecular flexibility index (Phi) is 2.70. The molecule has 0 aromatic heterocycles. The van der Waals surface area contributed by atoms with Crippen molar-refractivity contribution >= 4 is 11.8 Å².